The van der Waals surface area contributed by atoms with Gasteiger partial charge >= 0.3 is 5.97 Å². The van der Waals surface area contributed by atoms with Crippen LogP contribution in [0.5, 0.6) is 0 Å². The molecule has 0 saturated carbocycles. The number of hydrogen-bond donors (Lipinski definition) is 1. The van der Waals surface area contributed by atoms with Gasteiger partial charge in [0.1, 0.15) is 7.82 Å². The van der Waals surface area contributed by atoms with Crippen LogP contribution in [0.15, 0.2) is 0 Å². The quantitative estimate of drug-likeness (QED) is 0.474. The Hall–Kier alpha value is -0.310. The maximum atomic E-state index is 10.5. The van der Waals surface area contributed by atoms with Crippen LogP contribution in [0.1, 0.15) is 0 Å². The van der Waals surface area contributed by atoms with Crippen molar-refractivity contribution in [3.8, 4) is 0 Å². The first kappa shape index (κ1) is 14.7. The minimum atomic E-state index is -5.63. The Bertz CT molecular complexity index is 311. The molecular weight excluding hydrogens is 258 g/mol. The lowest BCUT2D eigenvalue weighted by molar-refractivity contribution is -0.342. The Morgan fingerprint density at radius 3 is 2.00 bits per heavy atom. The standard InChI is InChI=1S/C3H8O10P2/c4-2(1-12-14(6,7)8)3(5)13-15(9,10)11/h2,4H,1H2,(H2,6,7,8)(H2,9,10,11)/p-4. The van der Waals surface area contributed by atoms with Crippen molar-refractivity contribution < 1.29 is 47.7 Å². The molecule has 12 heteroatoms. The number of aliphatic hydroxyl groups excluding tert-OH is 1. The maximum absolute atomic E-state index is 10.5. The predicted octanol–water partition coefficient (Wildman–Crippen LogP) is -4.44. The predicted molar refractivity (Wildman–Crippen MR) is 33.3 cm³/mol. The fraction of sp³-hybridized carbons (Fsp3) is 0.667. The van der Waals surface area contributed by atoms with Crippen LogP contribution in [0.4, 0.5) is 0 Å². The first-order valence-corrected chi connectivity index (χ1v) is 6.03. The Labute approximate surface area is 82.9 Å². The fourth-order valence-corrected chi connectivity index (χ4v) is 1.07. The first-order chi connectivity index (χ1) is 6.51. The largest absolute Gasteiger partial charge is 0.790 e. The average Bonchev–Trinajstić information content (AvgIpc) is 1.95. The van der Waals surface area contributed by atoms with Crippen LogP contribution in [0, 0.1) is 0 Å². The Morgan fingerprint density at radius 1 is 1.20 bits per heavy atom. The molecule has 0 heterocycles. The Morgan fingerprint density at radius 2 is 1.67 bits per heavy atom. The van der Waals surface area contributed by atoms with E-state index in [1.165, 1.54) is 0 Å². The highest BCUT2D eigenvalue weighted by Gasteiger charge is 2.18. The highest BCUT2D eigenvalue weighted by Crippen LogP contribution is 2.27. The van der Waals surface area contributed by atoms with Gasteiger partial charge in [0.15, 0.2) is 6.10 Å². The molecule has 0 bridgehead atoms. The molecule has 0 aliphatic carbocycles. The van der Waals surface area contributed by atoms with Gasteiger partial charge in [0.25, 0.3) is 0 Å². The van der Waals surface area contributed by atoms with E-state index in [1.807, 2.05) is 0 Å². The molecule has 0 amide bonds. The molecular formula is C3H4O10P2-4. The molecule has 0 radical (unpaired) electrons. The van der Waals surface area contributed by atoms with Gasteiger partial charge in [-0.15, -0.1) is 0 Å². The van der Waals surface area contributed by atoms with Gasteiger partial charge in [-0.3, -0.25) is 0 Å². The van der Waals surface area contributed by atoms with Crippen LogP contribution >= 0.6 is 15.6 Å². The lowest BCUT2D eigenvalue weighted by Crippen LogP contribution is -2.32. The molecule has 1 atom stereocenters. The summed E-state index contributed by atoms with van der Waals surface area (Å²) >= 11 is 0. The number of rotatable bonds is 5. The lowest BCUT2D eigenvalue weighted by Gasteiger charge is -2.31. The van der Waals surface area contributed by atoms with E-state index in [0.717, 1.165) is 0 Å². The van der Waals surface area contributed by atoms with E-state index in [9.17, 15) is 33.5 Å². The summed E-state index contributed by atoms with van der Waals surface area (Å²) in [5, 5.41) is 8.65. The van der Waals surface area contributed by atoms with Crippen LogP contribution in [0.3, 0.4) is 0 Å². The van der Waals surface area contributed by atoms with E-state index < -0.39 is 34.3 Å². The number of carbonyl (C=O) groups excluding carboxylic acids is 1. The van der Waals surface area contributed by atoms with Crippen molar-refractivity contribution in [3.05, 3.63) is 0 Å². The van der Waals surface area contributed by atoms with Crippen molar-refractivity contribution in [1.82, 2.24) is 0 Å². The van der Waals surface area contributed by atoms with Gasteiger partial charge in [-0.25, -0.2) is 4.79 Å². The van der Waals surface area contributed by atoms with Crippen LogP contribution in [-0.2, 0) is 23.0 Å². The number of phosphoric acid groups is 2. The second-order valence-corrected chi connectivity index (χ2v) is 4.35. The van der Waals surface area contributed by atoms with Crippen LogP contribution in [0.25, 0.3) is 0 Å². The summed E-state index contributed by atoms with van der Waals surface area (Å²) in [5.74, 6) is -1.93. The van der Waals surface area contributed by atoms with Crippen LogP contribution < -0.4 is 19.6 Å². The van der Waals surface area contributed by atoms with Crippen LogP contribution in [-0.4, -0.2) is 23.8 Å². The zero-order valence-corrected chi connectivity index (χ0v) is 8.59. The molecule has 0 spiro atoms. The van der Waals surface area contributed by atoms with E-state index in [2.05, 4.69) is 9.05 Å². The van der Waals surface area contributed by atoms with Crippen molar-refractivity contribution >= 4 is 21.6 Å². The molecule has 0 fully saturated rings. The molecule has 90 valence electrons. The van der Waals surface area contributed by atoms with Crippen molar-refractivity contribution in [3.63, 3.8) is 0 Å². The van der Waals surface area contributed by atoms with Gasteiger partial charge < -0.3 is 42.9 Å². The zero-order chi connectivity index (χ0) is 12.3. The molecule has 0 aliphatic rings. The highest BCUT2D eigenvalue weighted by atomic mass is 31.2. The molecule has 0 aromatic heterocycles. The third-order valence-electron chi connectivity index (χ3n) is 0.864. The van der Waals surface area contributed by atoms with Crippen molar-refractivity contribution in [2.24, 2.45) is 0 Å². The monoisotopic (exact) mass is 262 g/mol. The second kappa shape index (κ2) is 5.15. The smallest absolute Gasteiger partial charge is 0.340 e. The molecule has 0 saturated heterocycles. The third kappa shape index (κ3) is 8.67. The van der Waals surface area contributed by atoms with Crippen molar-refractivity contribution in [2.45, 2.75) is 6.10 Å². The molecule has 15 heavy (non-hydrogen) atoms. The minimum Gasteiger partial charge on any atom is -0.790 e. The van der Waals surface area contributed by atoms with Gasteiger partial charge in [0, 0.05) is 0 Å². The SMILES string of the molecule is O=C(OP(=O)([O-])[O-])C(O)COP(=O)([O-])[O-]. The van der Waals surface area contributed by atoms with Crippen LogP contribution in [0.2, 0.25) is 0 Å². The van der Waals surface area contributed by atoms with E-state index in [1.54, 1.807) is 0 Å². The maximum Gasteiger partial charge on any atom is 0.340 e. The fourth-order valence-electron chi connectivity index (χ4n) is 0.401. The highest BCUT2D eigenvalue weighted by molar-refractivity contribution is 7.43. The topological polar surface area (TPSA) is 182 Å². The number of phosphoric ester groups is 2. The molecule has 1 N–H and O–H groups in total. The number of carbonyl (C=O) groups is 1. The van der Waals surface area contributed by atoms with E-state index >= 15 is 0 Å². The normalized spacial score (nSPS) is 14.7. The Balaban J connectivity index is 4.12. The van der Waals surface area contributed by atoms with Crippen molar-refractivity contribution in [1.29, 1.82) is 0 Å². The number of aliphatic hydroxyl groups is 1. The summed E-state index contributed by atoms with van der Waals surface area (Å²) in [6, 6.07) is 0. The average molecular weight is 262 g/mol. The molecule has 0 aromatic carbocycles. The zero-order valence-electron chi connectivity index (χ0n) is 6.80. The summed E-state index contributed by atoms with van der Waals surface area (Å²) in [4.78, 5) is 49.9. The first-order valence-electron chi connectivity index (χ1n) is 3.11. The van der Waals surface area contributed by atoms with Gasteiger partial charge in [-0.05, 0) is 0 Å². The molecule has 0 aliphatic heterocycles. The Kier molecular flexibility index (Phi) is 5.04. The van der Waals surface area contributed by atoms with Gasteiger partial charge in [0.05, 0.1) is 14.4 Å². The summed E-state index contributed by atoms with van der Waals surface area (Å²) in [7, 11) is -11.0. The molecule has 1 unspecified atom stereocenters. The van der Waals surface area contributed by atoms with Crippen molar-refractivity contribution in [2.75, 3.05) is 6.61 Å². The lowest BCUT2D eigenvalue weighted by atomic mass is 10.4. The second-order valence-electron chi connectivity index (χ2n) is 2.12. The van der Waals surface area contributed by atoms with E-state index in [-0.39, 0.29) is 0 Å². The summed E-state index contributed by atoms with van der Waals surface area (Å²) in [6.07, 6.45) is -2.36. The van der Waals surface area contributed by atoms with Gasteiger partial charge in [-0.1, -0.05) is 0 Å². The minimum absolute atomic E-state index is 1.33. The number of hydrogen-bond acceptors (Lipinski definition) is 10. The van der Waals surface area contributed by atoms with E-state index in [0.29, 0.717) is 0 Å². The van der Waals surface area contributed by atoms with E-state index in [4.69, 9.17) is 5.11 Å². The third-order valence-corrected chi connectivity index (χ3v) is 1.73. The van der Waals surface area contributed by atoms with Gasteiger partial charge in [-0.2, -0.15) is 0 Å². The molecule has 0 aromatic rings. The molecule has 10 nitrogen and oxygen atoms in total. The molecule has 0 rings (SSSR count). The summed E-state index contributed by atoms with van der Waals surface area (Å²) < 4.78 is 26.3. The summed E-state index contributed by atoms with van der Waals surface area (Å²) in [5.41, 5.74) is 0. The van der Waals surface area contributed by atoms with Gasteiger partial charge in [0.2, 0.25) is 0 Å². The summed E-state index contributed by atoms with van der Waals surface area (Å²) in [6.45, 7) is -1.33.